The summed E-state index contributed by atoms with van der Waals surface area (Å²) in [6.07, 6.45) is -2.93. The first-order chi connectivity index (χ1) is 15.1. The van der Waals surface area contributed by atoms with E-state index in [1.165, 1.54) is 4.57 Å². The van der Waals surface area contributed by atoms with Crippen LogP contribution in [0.25, 0.3) is 22.4 Å². The largest absolute Gasteiger partial charge is 0.330 e. The molecule has 1 aliphatic rings. The van der Waals surface area contributed by atoms with E-state index in [2.05, 4.69) is 26.8 Å². The average Bonchev–Trinajstić information content (AvgIpc) is 3.17. The molecule has 168 valence electrons. The fourth-order valence-corrected chi connectivity index (χ4v) is 4.23. The molecule has 0 radical (unpaired) electrons. The van der Waals surface area contributed by atoms with Crippen LogP contribution >= 0.6 is 0 Å². The highest BCUT2D eigenvalue weighted by molar-refractivity contribution is 5.78. The lowest BCUT2D eigenvalue weighted by atomic mass is 9.97. The summed E-state index contributed by atoms with van der Waals surface area (Å²) in [5, 5.41) is 9.62. The minimum absolute atomic E-state index is 0.0596. The van der Waals surface area contributed by atoms with Crippen molar-refractivity contribution < 1.29 is 8.78 Å². The molecule has 3 heterocycles. The second-order valence-electron chi connectivity index (χ2n) is 9.75. The smallest absolute Gasteiger partial charge is 0.293 e. The number of hydrogen-bond acceptors (Lipinski definition) is 4. The number of halogens is 2. The number of nitrogens with zero attached hydrogens (tertiary/aromatic N) is 5. The number of aromatic nitrogens is 3. The van der Waals surface area contributed by atoms with Crippen LogP contribution in [0, 0.1) is 16.7 Å². The fraction of sp³-hybridized carbons (Fsp3) is 0.458. The highest BCUT2D eigenvalue weighted by Gasteiger charge is 2.32. The van der Waals surface area contributed by atoms with Crippen LogP contribution in [-0.4, -0.2) is 44.5 Å². The molecule has 1 fully saturated rings. The van der Waals surface area contributed by atoms with E-state index in [-0.39, 0.29) is 24.2 Å². The quantitative estimate of drug-likeness (QED) is 0.620. The maximum absolute atomic E-state index is 13.6. The molecule has 1 aliphatic heterocycles. The Labute approximate surface area is 185 Å². The van der Waals surface area contributed by atoms with E-state index in [1.54, 1.807) is 28.6 Å². The number of hydrogen-bond donors (Lipinski definition) is 0. The molecule has 6 nitrogen and oxygen atoms in total. The van der Waals surface area contributed by atoms with Crippen molar-refractivity contribution in [2.24, 2.45) is 12.5 Å². The monoisotopic (exact) mass is 439 g/mol. The number of aryl methyl sites for hydroxylation is 1. The zero-order valence-electron chi connectivity index (χ0n) is 18.8. The molecule has 2 aromatic heterocycles. The van der Waals surface area contributed by atoms with Gasteiger partial charge in [-0.1, -0.05) is 26.8 Å². The van der Waals surface area contributed by atoms with Crippen molar-refractivity contribution in [2.75, 3.05) is 13.1 Å². The van der Waals surface area contributed by atoms with Gasteiger partial charge in [-0.25, -0.2) is 18.6 Å². The van der Waals surface area contributed by atoms with Crippen LogP contribution in [0.15, 0.2) is 35.1 Å². The molecule has 0 bridgehead atoms. The summed E-state index contributed by atoms with van der Waals surface area (Å²) in [6, 6.07) is 11.2. The minimum Gasteiger partial charge on any atom is -0.293 e. The Bertz CT molecular complexity index is 1250. The summed E-state index contributed by atoms with van der Waals surface area (Å²) in [7, 11) is 1.69. The third-order valence-corrected chi connectivity index (χ3v) is 5.76. The highest BCUT2D eigenvalue weighted by Crippen LogP contribution is 2.28. The number of imidazole rings is 1. The van der Waals surface area contributed by atoms with Gasteiger partial charge in [-0.3, -0.25) is 14.0 Å². The first-order valence-electron chi connectivity index (χ1n) is 10.7. The van der Waals surface area contributed by atoms with Crippen molar-refractivity contribution in [1.29, 1.82) is 5.26 Å². The van der Waals surface area contributed by atoms with Gasteiger partial charge in [0.1, 0.15) is 12.3 Å². The predicted octanol–water partition coefficient (Wildman–Crippen LogP) is 3.81. The highest BCUT2D eigenvalue weighted by atomic mass is 19.2. The lowest BCUT2D eigenvalue weighted by molar-refractivity contribution is 0.217. The molecule has 8 heteroatoms. The summed E-state index contributed by atoms with van der Waals surface area (Å²) in [5.41, 5.74) is 3.59. The second-order valence-corrected chi connectivity index (χ2v) is 9.75. The third-order valence-electron chi connectivity index (χ3n) is 5.76. The van der Waals surface area contributed by atoms with Crippen LogP contribution in [0.4, 0.5) is 8.78 Å². The lowest BCUT2D eigenvalue weighted by Gasteiger charge is -2.18. The Balaban J connectivity index is 1.74. The van der Waals surface area contributed by atoms with Gasteiger partial charge in [0.25, 0.3) is 0 Å². The Morgan fingerprint density at radius 1 is 1.16 bits per heavy atom. The van der Waals surface area contributed by atoms with Gasteiger partial charge in [0.15, 0.2) is 5.65 Å². The van der Waals surface area contributed by atoms with E-state index in [0.717, 1.165) is 11.1 Å². The van der Waals surface area contributed by atoms with E-state index in [1.807, 2.05) is 18.2 Å². The second kappa shape index (κ2) is 8.14. The van der Waals surface area contributed by atoms with Crippen LogP contribution < -0.4 is 5.69 Å². The van der Waals surface area contributed by atoms with Crippen LogP contribution in [0.1, 0.15) is 31.9 Å². The van der Waals surface area contributed by atoms with Crippen molar-refractivity contribution >= 4 is 11.2 Å². The number of pyridine rings is 1. The number of likely N-dealkylation sites (tertiary alicyclic amines) is 1. The molecule has 0 amide bonds. The number of benzene rings is 1. The Morgan fingerprint density at radius 3 is 2.47 bits per heavy atom. The van der Waals surface area contributed by atoms with Gasteiger partial charge < -0.3 is 0 Å². The summed E-state index contributed by atoms with van der Waals surface area (Å²) in [5.74, 6) is 0. The van der Waals surface area contributed by atoms with E-state index >= 15 is 0 Å². The zero-order chi connectivity index (χ0) is 23.2. The number of rotatable bonds is 4. The first-order valence-corrected chi connectivity index (χ1v) is 10.7. The van der Waals surface area contributed by atoms with Crippen LogP contribution in [-0.2, 0) is 20.1 Å². The van der Waals surface area contributed by atoms with E-state index < -0.39 is 12.3 Å². The lowest BCUT2D eigenvalue weighted by Crippen LogP contribution is -2.27. The van der Waals surface area contributed by atoms with Gasteiger partial charge in [0.05, 0.1) is 22.8 Å². The van der Waals surface area contributed by atoms with Gasteiger partial charge in [0, 0.05) is 38.8 Å². The standard InChI is InChI=1S/C24H27F2N5O/c1-24(2,3)14-31-21-8-7-20(28-22(21)29(4)23(31)32)17-9-15(5-6-16(17)10-27)11-30-12-18(25)19(26)13-30/h5-9,18-19H,11-14H2,1-4H3/t18-,19-/m0/s1. The molecule has 0 spiro atoms. The van der Waals surface area contributed by atoms with Gasteiger partial charge in [-0.15, -0.1) is 0 Å². The summed E-state index contributed by atoms with van der Waals surface area (Å²) < 4.78 is 30.4. The van der Waals surface area contributed by atoms with Crippen LogP contribution in [0.5, 0.6) is 0 Å². The maximum atomic E-state index is 13.6. The maximum Gasteiger partial charge on any atom is 0.330 e. The third kappa shape index (κ3) is 4.17. The number of fused-ring (bicyclic) bond motifs is 1. The fourth-order valence-electron chi connectivity index (χ4n) is 4.23. The van der Waals surface area contributed by atoms with Crippen molar-refractivity contribution in [2.45, 2.75) is 46.2 Å². The van der Waals surface area contributed by atoms with Gasteiger partial charge in [-0.05, 0) is 35.2 Å². The molecular formula is C24H27F2N5O. The van der Waals surface area contributed by atoms with Gasteiger partial charge in [-0.2, -0.15) is 5.26 Å². The Hall–Kier alpha value is -3.05. The molecule has 4 rings (SSSR count). The molecule has 3 aromatic rings. The molecular weight excluding hydrogens is 412 g/mol. The predicted molar refractivity (Wildman–Crippen MR) is 120 cm³/mol. The van der Waals surface area contributed by atoms with Gasteiger partial charge >= 0.3 is 5.69 Å². The van der Waals surface area contributed by atoms with Crippen molar-refractivity contribution in [1.82, 2.24) is 19.0 Å². The van der Waals surface area contributed by atoms with Gasteiger partial charge in [0.2, 0.25) is 0 Å². The molecule has 1 aromatic carbocycles. The first kappa shape index (κ1) is 22.2. The topological polar surface area (TPSA) is 66.8 Å². The summed E-state index contributed by atoms with van der Waals surface area (Å²) >= 11 is 0. The Morgan fingerprint density at radius 2 is 1.84 bits per heavy atom. The zero-order valence-corrected chi connectivity index (χ0v) is 18.8. The molecule has 0 saturated carbocycles. The molecule has 2 atom stereocenters. The average molecular weight is 440 g/mol. The molecule has 32 heavy (non-hydrogen) atoms. The van der Waals surface area contributed by atoms with E-state index in [0.29, 0.717) is 35.6 Å². The Kier molecular flexibility index (Phi) is 5.63. The van der Waals surface area contributed by atoms with Crippen LogP contribution in [0.3, 0.4) is 0 Å². The molecule has 0 N–H and O–H groups in total. The number of nitriles is 1. The van der Waals surface area contributed by atoms with Crippen LogP contribution in [0.2, 0.25) is 0 Å². The van der Waals surface area contributed by atoms with Crippen molar-refractivity contribution in [3.05, 3.63) is 51.9 Å². The minimum atomic E-state index is -1.46. The SMILES string of the molecule is Cn1c(=O)n(CC(C)(C)C)c2ccc(-c3cc(CN4C[C@H](F)[C@@H](F)C4)ccc3C#N)nc21. The number of alkyl halides is 2. The summed E-state index contributed by atoms with van der Waals surface area (Å²) in [4.78, 5) is 19.3. The van der Waals surface area contributed by atoms with E-state index in [9.17, 15) is 18.8 Å². The van der Waals surface area contributed by atoms with Crippen molar-refractivity contribution in [3.8, 4) is 17.3 Å². The molecule has 0 aliphatic carbocycles. The normalized spacial score (nSPS) is 19.5. The van der Waals surface area contributed by atoms with E-state index in [4.69, 9.17) is 4.98 Å². The summed E-state index contributed by atoms with van der Waals surface area (Å²) in [6.45, 7) is 7.28. The molecule has 0 unspecified atom stereocenters. The molecule has 1 saturated heterocycles. The van der Waals surface area contributed by atoms with Crippen molar-refractivity contribution in [3.63, 3.8) is 0 Å².